The van der Waals surface area contributed by atoms with Crippen molar-refractivity contribution in [2.24, 2.45) is 17.8 Å². The molecule has 1 amide bonds. The second-order valence-electron chi connectivity index (χ2n) is 5.69. The van der Waals surface area contributed by atoms with Gasteiger partial charge in [0, 0.05) is 5.92 Å². The molecule has 100 valence electrons. The molecule has 0 aliphatic heterocycles. The third kappa shape index (κ3) is 2.48. The highest BCUT2D eigenvalue weighted by atomic mass is 16.4. The Morgan fingerprint density at radius 2 is 2.05 bits per heavy atom. The predicted molar refractivity (Wildman–Crippen MR) is 71.1 cm³/mol. The van der Waals surface area contributed by atoms with Gasteiger partial charge in [-0.25, -0.2) is 4.79 Å². The van der Waals surface area contributed by atoms with Gasteiger partial charge in [-0.05, 0) is 50.2 Å². The number of benzene rings is 1. The zero-order valence-corrected chi connectivity index (χ0v) is 10.8. The molecule has 0 bridgehead atoms. The summed E-state index contributed by atoms with van der Waals surface area (Å²) in [4.78, 5) is 23.2. The van der Waals surface area contributed by atoms with Crippen molar-refractivity contribution in [1.29, 1.82) is 0 Å². The number of carbonyl (C=O) groups is 2. The summed E-state index contributed by atoms with van der Waals surface area (Å²) < 4.78 is 0. The first-order chi connectivity index (χ1) is 9.06. The van der Waals surface area contributed by atoms with E-state index in [1.807, 2.05) is 13.0 Å². The van der Waals surface area contributed by atoms with E-state index in [0.29, 0.717) is 11.6 Å². The molecule has 19 heavy (non-hydrogen) atoms. The molecular weight excluding hydrogens is 242 g/mol. The maximum absolute atomic E-state index is 12.1. The van der Waals surface area contributed by atoms with E-state index in [0.717, 1.165) is 17.9 Å². The summed E-state index contributed by atoms with van der Waals surface area (Å²) in [6.45, 7) is 1.84. The number of carbonyl (C=O) groups excluding carboxylic acids is 1. The van der Waals surface area contributed by atoms with Crippen molar-refractivity contribution < 1.29 is 14.7 Å². The largest absolute Gasteiger partial charge is 0.478 e. The van der Waals surface area contributed by atoms with Crippen LogP contribution in [-0.2, 0) is 4.79 Å². The Morgan fingerprint density at radius 1 is 1.32 bits per heavy atom. The van der Waals surface area contributed by atoms with Crippen LogP contribution in [-0.4, -0.2) is 17.0 Å². The van der Waals surface area contributed by atoms with Crippen LogP contribution in [0.25, 0.3) is 0 Å². The average molecular weight is 259 g/mol. The van der Waals surface area contributed by atoms with Crippen molar-refractivity contribution in [2.45, 2.75) is 26.2 Å². The van der Waals surface area contributed by atoms with Crippen LogP contribution < -0.4 is 5.32 Å². The maximum Gasteiger partial charge on any atom is 0.337 e. The van der Waals surface area contributed by atoms with Gasteiger partial charge in [0.2, 0.25) is 5.91 Å². The maximum atomic E-state index is 12.1. The summed E-state index contributed by atoms with van der Waals surface area (Å²) in [5.41, 5.74) is 1.44. The molecule has 4 heteroatoms. The van der Waals surface area contributed by atoms with E-state index in [9.17, 15) is 9.59 Å². The summed E-state index contributed by atoms with van der Waals surface area (Å²) in [5, 5.41) is 11.9. The minimum atomic E-state index is -1.01. The number of carboxylic acids is 1. The summed E-state index contributed by atoms with van der Waals surface area (Å²) in [6.07, 6.45) is 3.46. The van der Waals surface area contributed by atoms with Crippen LogP contribution >= 0.6 is 0 Å². The lowest BCUT2D eigenvalue weighted by molar-refractivity contribution is -0.117. The van der Waals surface area contributed by atoms with E-state index >= 15 is 0 Å². The standard InChI is InChI=1S/C15H17NO3/c1-8-2-5-13(12(6-8)15(18)19)16-14(17)11-7-10(11)9-3-4-9/h2,5-6,9-11H,3-4,7H2,1H3,(H,16,17)(H,18,19). The molecule has 2 fully saturated rings. The normalized spacial score (nSPS) is 24.9. The zero-order valence-electron chi connectivity index (χ0n) is 10.8. The van der Waals surface area contributed by atoms with Crippen molar-refractivity contribution in [3.63, 3.8) is 0 Å². The van der Waals surface area contributed by atoms with Gasteiger partial charge >= 0.3 is 5.97 Å². The Morgan fingerprint density at radius 3 is 2.68 bits per heavy atom. The second kappa shape index (κ2) is 4.37. The lowest BCUT2D eigenvalue weighted by atomic mass is 10.1. The Kier molecular flexibility index (Phi) is 2.81. The summed E-state index contributed by atoms with van der Waals surface area (Å²) in [7, 11) is 0. The van der Waals surface area contributed by atoms with Gasteiger partial charge in [-0.2, -0.15) is 0 Å². The molecule has 0 heterocycles. The van der Waals surface area contributed by atoms with Crippen molar-refractivity contribution in [2.75, 3.05) is 5.32 Å². The fraction of sp³-hybridized carbons (Fsp3) is 0.467. The van der Waals surface area contributed by atoms with E-state index in [4.69, 9.17) is 5.11 Å². The van der Waals surface area contributed by atoms with Crippen LogP contribution in [0.5, 0.6) is 0 Å². The molecular formula is C15H17NO3. The Labute approximate surface area is 111 Å². The molecule has 4 nitrogen and oxygen atoms in total. The number of nitrogens with one attached hydrogen (secondary N) is 1. The minimum Gasteiger partial charge on any atom is -0.478 e. The van der Waals surface area contributed by atoms with Gasteiger partial charge in [0.25, 0.3) is 0 Å². The van der Waals surface area contributed by atoms with Crippen molar-refractivity contribution in [3.8, 4) is 0 Å². The van der Waals surface area contributed by atoms with Gasteiger partial charge in [-0.1, -0.05) is 11.6 Å². The molecule has 0 saturated heterocycles. The number of aryl methyl sites for hydroxylation is 1. The fourth-order valence-electron chi connectivity index (χ4n) is 2.73. The molecule has 2 unspecified atom stereocenters. The van der Waals surface area contributed by atoms with Gasteiger partial charge in [0.05, 0.1) is 11.3 Å². The van der Waals surface area contributed by atoms with Crippen LogP contribution in [0, 0.1) is 24.7 Å². The van der Waals surface area contributed by atoms with Crippen LogP contribution in [0.2, 0.25) is 0 Å². The van der Waals surface area contributed by atoms with E-state index in [-0.39, 0.29) is 17.4 Å². The minimum absolute atomic E-state index is 0.0248. The first kappa shape index (κ1) is 12.2. The number of rotatable bonds is 4. The zero-order chi connectivity index (χ0) is 13.6. The monoisotopic (exact) mass is 259 g/mol. The average Bonchev–Trinajstić information content (AvgIpc) is 3.22. The van der Waals surface area contributed by atoms with Crippen LogP contribution in [0.3, 0.4) is 0 Å². The van der Waals surface area contributed by atoms with Gasteiger partial charge in [0.1, 0.15) is 0 Å². The number of carboxylic acid groups (broad SMARTS) is 1. The summed E-state index contributed by atoms with van der Waals surface area (Å²) in [5.74, 6) is 0.346. The highest BCUT2D eigenvalue weighted by molar-refractivity contribution is 6.02. The summed E-state index contributed by atoms with van der Waals surface area (Å²) in [6, 6.07) is 5.07. The Bertz CT molecular complexity index is 548. The predicted octanol–water partition coefficient (Wildman–Crippen LogP) is 2.68. The fourth-order valence-corrected chi connectivity index (χ4v) is 2.73. The van der Waals surface area contributed by atoms with E-state index in [1.54, 1.807) is 12.1 Å². The molecule has 1 aromatic carbocycles. The third-order valence-electron chi connectivity index (χ3n) is 4.07. The molecule has 0 spiro atoms. The van der Waals surface area contributed by atoms with E-state index < -0.39 is 5.97 Å². The first-order valence-corrected chi connectivity index (χ1v) is 6.71. The van der Waals surface area contributed by atoms with Crippen molar-refractivity contribution in [1.82, 2.24) is 0 Å². The Balaban J connectivity index is 1.72. The van der Waals surface area contributed by atoms with E-state index in [2.05, 4.69) is 5.32 Å². The highest BCUT2D eigenvalue weighted by Crippen LogP contribution is 2.54. The first-order valence-electron chi connectivity index (χ1n) is 6.71. The van der Waals surface area contributed by atoms with Crippen LogP contribution in [0.4, 0.5) is 5.69 Å². The number of anilines is 1. The topological polar surface area (TPSA) is 66.4 Å². The van der Waals surface area contributed by atoms with Crippen LogP contribution in [0.1, 0.15) is 35.2 Å². The molecule has 2 saturated carbocycles. The SMILES string of the molecule is Cc1ccc(NC(=O)C2CC2C2CC2)c(C(=O)O)c1. The summed E-state index contributed by atoms with van der Waals surface area (Å²) >= 11 is 0. The number of aromatic carboxylic acids is 1. The Hall–Kier alpha value is -1.84. The van der Waals surface area contributed by atoms with Gasteiger partial charge in [-0.15, -0.1) is 0 Å². The molecule has 3 rings (SSSR count). The second-order valence-corrected chi connectivity index (χ2v) is 5.69. The molecule has 2 atom stereocenters. The van der Waals surface area contributed by atoms with E-state index in [1.165, 1.54) is 12.8 Å². The molecule has 2 aliphatic carbocycles. The number of hydrogen-bond acceptors (Lipinski definition) is 2. The van der Waals surface area contributed by atoms with Crippen LogP contribution in [0.15, 0.2) is 18.2 Å². The lowest BCUT2D eigenvalue weighted by Crippen LogP contribution is -2.17. The molecule has 1 aromatic rings. The molecule has 0 aromatic heterocycles. The smallest absolute Gasteiger partial charge is 0.337 e. The van der Waals surface area contributed by atoms with Crippen molar-refractivity contribution in [3.05, 3.63) is 29.3 Å². The number of hydrogen-bond donors (Lipinski definition) is 2. The number of amides is 1. The third-order valence-corrected chi connectivity index (χ3v) is 4.07. The van der Waals surface area contributed by atoms with Gasteiger partial charge in [-0.3, -0.25) is 4.79 Å². The highest BCUT2D eigenvalue weighted by Gasteiger charge is 2.51. The lowest BCUT2D eigenvalue weighted by Gasteiger charge is -2.09. The van der Waals surface area contributed by atoms with Gasteiger partial charge in [0.15, 0.2) is 0 Å². The molecule has 2 aliphatic rings. The quantitative estimate of drug-likeness (QED) is 0.873. The molecule has 0 radical (unpaired) electrons. The van der Waals surface area contributed by atoms with Crippen molar-refractivity contribution >= 4 is 17.6 Å². The van der Waals surface area contributed by atoms with Gasteiger partial charge < -0.3 is 10.4 Å². The molecule has 2 N–H and O–H groups in total.